The molecule has 1 nitrogen and oxygen atoms in total. The molecule has 0 aromatic rings. The Morgan fingerprint density at radius 1 is 1.78 bits per heavy atom. The van der Waals surface area contributed by atoms with Crippen molar-refractivity contribution in [2.24, 2.45) is 5.92 Å². The van der Waals surface area contributed by atoms with Crippen LogP contribution >= 0.6 is 0 Å². The van der Waals surface area contributed by atoms with Crippen LogP contribution in [0.15, 0.2) is 11.6 Å². The summed E-state index contributed by atoms with van der Waals surface area (Å²) >= 11 is 0. The lowest BCUT2D eigenvalue weighted by molar-refractivity contribution is 0.216. The summed E-state index contributed by atoms with van der Waals surface area (Å²) in [4.78, 5) is 0. The standard InChI is InChI=1S/C8H14O/c1-7-2-4-8(6-9)5-3-7/h2,8-9H,3-6H2,1H3/t8-/m0/s1. The first kappa shape index (κ1) is 6.81. The van der Waals surface area contributed by atoms with Gasteiger partial charge in [-0.05, 0) is 32.1 Å². The number of hydrogen-bond acceptors (Lipinski definition) is 1. The van der Waals surface area contributed by atoms with Gasteiger partial charge in [0, 0.05) is 6.61 Å². The van der Waals surface area contributed by atoms with Crippen molar-refractivity contribution in [3.05, 3.63) is 11.6 Å². The van der Waals surface area contributed by atoms with Crippen molar-refractivity contribution in [3.63, 3.8) is 0 Å². The summed E-state index contributed by atoms with van der Waals surface area (Å²) in [5, 5.41) is 8.75. The number of aliphatic hydroxyl groups excluding tert-OH is 1. The fraction of sp³-hybridized carbons (Fsp3) is 0.750. The molecule has 1 aliphatic carbocycles. The third-order valence-electron chi connectivity index (χ3n) is 2.00. The highest BCUT2D eigenvalue weighted by Crippen LogP contribution is 2.21. The Morgan fingerprint density at radius 2 is 2.56 bits per heavy atom. The second-order valence-electron chi connectivity index (χ2n) is 2.87. The Morgan fingerprint density at radius 3 is 3.00 bits per heavy atom. The van der Waals surface area contributed by atoms with Gasteiger partial charge in [-0.15, -0.1) is 0 Å². The first-order valence-electron chi connectivity index (χ1n) is 3.59. The van der Waals surface area contributed by atoms with E-state index < -0.39 is 0 Å². The molecule has 0 saturated heterocycles. The van der Waals surface area contributed by atoms with E-state index in [1.807, 2.05) is 0 Å². The summed E-state index contributed by atoms with van der Waals surface area (Å²) in [7, 11) is 0. The maximum absolute atomic E-state index is 8.75. The Labute approximate surface area is 56.4 Å². The molecule has 0 spiro atoms. The fourth-order valence-electron chi connectivity index (χ4n) is 1.19. The highest BCUT2D eigenvalue weighted by Gasteiger charge is 2.09. The number of rotatable bonds is 1. The second kappa shape index (κ2) is 3.02. The largest absolute Gasteiger partial charge is 0.396 e. The molecule has 0 aliphatic heterocycles. The number of aliphatic hydroxyl groups is 1. The summed E-state index contributed by atoms with van der Waals surface area (Å²) in [6.45, 7) is 2.53. The van der Waals surface area contributed by atoms with E-state index in [2.05, 4.69) is 13.0 Å². The predicted octanol–water partition coefficient (Wildman–Crippen LogP) is 1.73. The SMILES string of the molecule is CC1=CC[C@H](CO)CC1. The molecular formula is C8H14O. The molecule has 9 heavy (non-hydrogen) atoms. The van der Waals surface area contributed by atoms with Gasteiger partial charge in [0.15, 0.2) is 0 Å². The molecule has 1 rings (SSSR count). The maximum atomic E-state index is 8.75. The zero-order chi connectivity index (χ0) is 6.69. The van der Waals surface area contributed by atoms with E-state index in [0.717, 1.165) is 6.42 Å². The normalized spacial score (nSPS) is 27.8. The molecule has 0 aromatic heterocycles. The summed E-state index contributed by atoms with van der Waals surface area (Å²) in [6, 6.07) is 0. The minimum absolute atomic E-state index is 0.365. The lowest BCUT2D eigenvalue weighted by atomic mass is 9.91. The van der Waals surface area contributed by atoms with Gasteiger partial charge in [-0.25, -0.2) is 0 Å². The van der Waals surface area contributed by atoms with Crippen molar-refractivity contribution in [3.8, 4) is 0 Å². The molecule has 0 amide bonds. The summed E-state index contributed by atoms with van der Waals surface area (Å²) in [5.41, 5.74) is 1.49. The van der Waals surface area contributed by atoms with Gasteiger partial charge in [0.25, 0.3) is 0 Å². The molecule has 1 heteroatoms. The Balaban J connectivity index is 2.36. The lowest BCUT2D eigenvalue weighted by Crippen LogP contribution is -2.08. The van der Waals surface area contributed by atoms with E-state index in [9.17, 15) is 0 Å². The number of allylic oxidation sites excluding steroid dienone is 2. The maximum Gasteiger partial charge on any atom is 0.0462 e. The molecule has 0 fully saturated rings. The Bertz CT molecular complexity index is 116. The van der Waals surface area contributed by atoms with Gasteiger partial charge in [-0.1, -0.05) is 11.6 Å². The molecular weight excluding hydrogens is 112 g/mol. The van der Waals surface area contributed by atoms with Crippen LogP contribution in [0.1, 0.15) is 26.2 Å². The van der Waals surface area contributed by atoms with Crippen LogP contribution in [0.4, 0.5) is 0 Å². The molecule has 1 atom stereocenters. The van der Waals surface area contributed by atoms with Crippen molar-refractivity contribution in [1.29, 1.82) is 0 Å². The average molecular weight is 126 g/mol. The topological polar surface area (TPSA) is 20.2 Å². The minimum atomic E-state index is 0.365. The Kier molecular flexibility index (Phi) is 2.29. The van der Waals surface area contributed by atoms with Gasteiger partial charge in [0.1, 0.15) is 0 Å². The lowest BCUT2D eigenvalue weighted by Gasteiger charge is -2.17. The highest BCUT2D eigenvalue weighted by atomic mass is 16.3. The molecule has 0 radical (unpaired) electrons. The molecule has 1 N–H and O–H groups in total. The van der Waals surface area contributed by atoms with E-state index >= 15 is 0 Å². The van der Waals surface area contributed by atoms with Gasteiger partial charge in [0.2, 0.25) is 0 Å². The van der Waals surface area contributed by atoms with Crippen LogP contribution in [-0.2, 0) is 0 Å². The van der Waals surface area contributed by atoms with Crippen LogP contribution in [0.2, 0.25) is 0 Å². The molecule has 52 valence electrons. The first-order valence-corrected chi connectivity index (χ1v) is 3.59. The zero-order valence-electron chi connectivity index (χ0n) is 5.93. The fourth-order valence-corrected chi connectivity index (χ4v) is 1.19. The van der Waals surface area contributed by atoms with Gasteiger partial charge in [-0.3, -0.25) is 0 Å². The van der Waals surface area contributed by atoms with Crippen LogP contribution in [0.5, 0.6) is 0 Å². The van der Waals surface area contributed by atoms with Gasteiger partial charge in [-0.2, -0.15) is 0 Å². The highest BCUT2D eigenvalue weighted by molar-refractivity contribution is 5.02. The third kappa shape index (κ3) is 1.83. The summed E-state index contributed by atoms with van der Waals surface area (Å²) < 4.78 is 0. The molecule has 0 unspecified atom stereocenters. The quantitative estimate of drug-likeness (QED) is 0.530. The first-order chi connectivity index (χ1) is 4.33. The molecule has 0 aromatic carbocycles. The van der Waals surface area contributed by atoms with E-state index in [0.29, 0.717) is 12.5 Å². The molecule has 0 bridgehead atoms. The van der Waals surface area contributed by atoms with E-state index in [1.165, 1.54) is 18.4 Å². The minimum Gasteiger partial charge on any atom is -0.396 e. The monoisotopic (exact) mass is 126 g/mol. The predicted molar refractivity (Wildman–Crippen MR) is 38.2 cm³/mol. The van der Waals surface area contributed by atoms with Crippen molar-refractivity contribution in [2.75, 3.05) is 6.61 Å². The van der Waals surface area contributed by atoms with Crippen LogP contribution < -0.4 is 0 Å². The van der Waals surface area contributed by atoms with Gasteiger partial charge in [0.05, 0.1) is 0 Å². The van der Waals surface area contributed by atoms with Crippen LogP contribution in [0.25, 0.3) is 0 Å². The van der Waals surface area contributed by atoms with E-state index in [4.69, 9.17) is 5.11 Å². The van der Waals surface area contributed by atoms with E-state index in [1.54, 1.807) is 0 Å². The molecule has 0 saturated carbocycles. The van der Waals surface area contributed by atoms with Gasteiger partial charge < -0.3 is 5.11 Å². The second-order valence-corrected chi connectivity index (χ2v) is 2.87. The smallest absolute Gasteiger partial charge is 0.0462 e. The third-order valence-corrected chi connectivity index (χ3v) is 2.00. The zero-order valence-corrected chi connectivity index (χ0v) is 5.93. The molecule has 1 aliphatic rings. The summed E-state index contributed by atoms with van der Waals surface area (Å²) in [5.74, 6) is 0.550. The average Bonchev–Trinajstić information content (AvgIpc) is 1.90. The van der Waals surface area contributed by atoms with Crippen molar-refractivity contribution in [2.45, 2.75) is 26.2 Å². The Hall–Kier alpha value is -0.300. The molecule has 0 heterocycles. The van der Waals surface area contributed by atoms with Crippen LogP contribution in [0.3, 0.4) is 0 Å². The number of hydrogen-bond donors (Lipinski definition) is 1. The summed E-state index contributed by atoms with van der Waals surface area (Å²) in [6.07, 6.45) is 5.69. The van der Waals surface area contributed by atoms with Crippen molar-refractivity contribution >= 4 is 0 Å². The van der Waals surface area contributed by atoms with Crippen LogP contribution in [-0.4, -0.2) is 11.7 Å². The van der Waals surface area contributed by atoms with Crippen LogP contribution in [0, 0.1) is 5.92 Å². The van der Waals surface area contributed by atoms with Crippen molar-refractivity contribution < 1.29 is 5.11 Å². The van der Waals surface area contributed by atoms with Crippen molar-refractivity contribution in [1.82, 2.24) is 0 Å². The van der Waals surface area contributed by atoms with E-state index in [-0.39, 0.29) is 0 Å². The van der Waals surface area contributed by atoms with Gasteiger partial charge >= 0.3 is 0 Å².